The normalized spacial score (nSPS) is 15.6. The zero-order valence-corrected chi connectivity index (χ0v) is 24.0. The van der Waals surface area contributed by atoms with E-state index in [1.165, 1.54) is 0 Å². The molecule has 9 nitrogen and oxygen atoms in total. The molecule has 1 aliphatic rings. The highest BCUT2D eigenvalue weighted by molar-refractivity contribution is 5.92. The van der Waals surface area contributed by atoms with Crippen molar-refractivity contribution < 1.29 is 23.9 Å². The van der Waals surface area contributed by atoms with E-state index in [0.717, 1.165) is 50.8 Å². The Morgan fingerprint density at radius 1 is 1.00 bits per heavy atom. The first-order chi connectivity index (χ1) is 18.6. The molecular formula is C30H46N4O5. The minimum absolute atomic E-state index is 0.122. The number of carbonyl (C=O) groups is 4. The van der Waals surface area contributed by atoms with Gasteiger partial charge >= 0.3 is 5.97 Å². The van der Waals surface area contributed by atoms with Crippen molar-refractivity contribution in [1.82, 2.24) is 20.9 Å². The molecule has 1 fully saturated rings. The van der Waals surface area contributed by atoms with Crippen LogP contribution in [0.15, 0.2) is 36.5 Å². The van der Waals surface area contributed by atoms with Crippen LogP contribution in [0.3, 0.4) is 0 Å². The van der Waals surface area contributed by atoms with Crippen LogP contribution in [0.5, 0.6) is 5.75 Å². The Morgan fingerprint density at radius 3 is 2.26 bits per heavy atom. The fourth-order valence-electron chi connectivity index (χ4n) is 4.47. The van der Waals surface area contributed by atoms with Crippen molar-refractivity contribution in [3.8, 4) is 5.75 Å². The molecule has 0 bridgehead atoms. The Bertz CT molecular complexity index is 972. The number of likely N-dealkylation sites (tertiary alicyclic amines) is 1. The van der Waals surface area contributed by atoms with Gasteiger partial charge in [0.15, 0.2) is 0 Å². The molecule has 1 saturated heterocycles. The maximum atomic E-state index is 13.4. The maximum Gasteiger partial charge on any atom is 0.325 e. The third-order valence-corrected chi connectivity index (χ3v) is 6.94. The quantitative estimate of drug-likeness (QED) is 0.167. The van der Waals surface area contributed by atoms with Crippen LogP contribution in [0.25, 0.3) is 0 Å². The molecule has 216 valence electrons. The molecule has 0 radical (unpaired) electrons. The number of rotatable bonds is 16. The average molecular weight is 543 g/mol. The van der Waals surface area contributed by atoms with Gasteiger partial charge in [0.25, 0.3) is 0 Å². The number of hydrogen-bond donors (Lipinski definition) is 3. The van der Waals surface area contributed by atoms with E-state index in [9.17, 15) is 19.2 Å². The number of unbranched alkanes of at least 4 members (excludes halogenated alkanes) is 2. The molecule has 1 aromatic carbocycles. The third kappa shape index (κ3) is 11.6. The molecule has 0 aromatic heterocycles. The summed E-state index contributed by atoms with van der Waals surface area (Å²) in [6.45, 7) is 13.4. The van der Waals surface area contributed by atoms with Crippen LogP contribution in [0.4, 0.5) is 0 Å². The van der Waals surface area contributed by atoms with Crippen LogP contribution in [0.1, 0.15) is 78.2 Å². The van der Waals surface area contributed by atoms with Gasteiger partial charge in [-0.15, -0.1) is 0 Å². The molecule has 9 heteroatoms. The first-order valence-corrected chi connectivity index (χ1v) is 14.2. The lowest BCUT2D eigenvalue weighted by molar-refractivity contribution is -0.135. The minimum Gasteiger partial charge on any atom is -0.426 e. The van der Waals surface area contributed by atoms with Crippen LogP contribution in [0.2, 0.25) is 0 Å². The van der Waals surface area contributed by atoms with Gasteiger partial charge in [-0.25, -0.2) is 0 Å². The predicted octanol–water partition coefficient (Wildman–Crippen LogP) is 3.48. The molecule has 3 amide bonds. The van der Waals surface area contributed by atoms with Crippen LogP contribution >= 0.6 is 0 Å². The molecule has 1 heterocycles. The van der Waals surface area contributed by atoms with Gasteiger partial charge in [-0.05, 0) is 62.9 Å². The van der Waals surface area contributed by atoms with Crippen LogP contribution < -0.4 is 20.7 Å². The molecule has 3 atom stereocenters. The van der Waals surface area contributed by atoms with E-state index < -0.39 is 18.0 Å². The standard InChI is InChI=1S/C30H46N4O5/c1-6-8-9-12-26(35)32-25(29(37)33-28(22(5)7-2)30(38)31-21(3)4)19-23-13-15-24(16-14-23)39-27(36)20-34-17-10-11-18-34/h13-16,22,25,28H,3,6-12,17-20H2,1-2,4-5H3,(H,31,38)(H,32,35)(H,33,37). The number of amides is 3. The van der Waals surface area contributed by atoms with Crippen molar-refractivity contribution in [3.63, 3.8) is 0 Å². The fraction of sp³-hybridized carbons (Fsp3) is 0.600. The Hall–Kier alpha value is -3.20. The van der Waals surface area contributed by atoms with Gasteiger partial charge in [-0.2, -0.15) is 0 Å². The summed E-state index contributed by atoms with van der Waals surface area (Å²) in [4.78, 5) is 53.2. The zero-order valence-electron chi connectivity index (χ0n) is 24.0. The Kier molecular flexibility index (Phi) is 13.7. The van der Waals surface area contributed by atoms with Crippen LogP contribution in [-0.4, -0.2) is 60.3 Å². The van der Waals surface area contributed by atoms with E-state index in [-0.39, 0.29) is 36.7 Å². The number of carbonyl (C=O) groups excluding carboxylic acids is 4. The van der Waals surface area contributed by atoms with Gasteiger partial charge in [-0.1, -0.05) is 58.7 Å². The zero-order chi connectivity index (χ0) is 28.8. The van der Waals surface area contributed by atoms with E-state index in [2.05, 4.69) is 34.4 Å². The first kappa shape index (κ1) is 32.0. The largest absolute Gasteiger partial charge is 0.426 e. The smallest absolute Gasteiger partial charge is 0.325 e. The second-order valence-electron chi connectivity index (χ2n) is 10.5. The summed E-state index contributed by atoms with van der Waals surface area (Å²) in [6.07, 6.45) is 6.09. The van der Waals surface area contributed by atoms with Crippen molar-refractivity contribution in [3.05, 3.63) is 42.1 Å². The summed E-state index contributed by atoms with van der Waals surface area (Å²) < 4.78 is 5.47. The monoisotopic (exact) mass is 542 g/mol. The van der Waals surface area contributed by atoms with Crippen molar-refractivity contribution in [2.75, 3.05) is 19.6 Å². The molecule has 0 aliphatic carbocycles. The second kappa shape index (κ2) is 16.7. The van der Waals surface area contributed by atoms with Crippen molar-refractivity contribution in [2.24, 2.45) is 5.92 Å². The Morgan fingerprint density at radius 2 is 1.67 bits per heavy atom. The predicted molar refractivity (Wildman–Crippen MR) is 152 cm³/mol. The van der Waals surface area contributed by atoms with Crippen molar-refractivity contribution in [2.45, 2.75) is 91.1 Å². The lowest BCUT2D eigenvalue weighted by atomic mass is 9.97. The van der Waals surface area contributed by atoms with Gasteiger partial charge in [0.1, 0.15) is 17.8 Å². The number of nitrogens with one attached hydrogen (secondary N) is 3. The lowest BCUT2D eigenvalue weighted by Gasteiger charge is -2.26. The molecule has 3 unspecified atom stereocenters. The number of benzene rings is 1. The van der Waals surface area contributed by atoms with E-state index in [0.29, 0.717) is 24.3 Å². The van der Waals surface area contributed by atoms with E-state index in [1.807, 2.05) is 13.8 Å². The van der Waals surface area contributed by atoms with Gasteiger partial charge in [-0.3, -0.25) is 24.1 Å². The molecule has 2 rings (SSSR count). The minimum atomic E-state index is -0.869. The summed E-state index contributed by atoms with van der Waals surface area (Å²) in [6, 6.07) is 5.31. The molecule has 3 N–H and O–H groups in total. The van der Waals surface area contributed by atoms with Crippen molar-refractivity contribution >= 4 is 23.7 Å². The average Bonchev–Trinajstić information content (AvgIpc) is 3.40. The highest BCUT2D eigenvalue weighted by Gasteiger charge is 2.30. The molecule has 0 spiro atoms. The SMILES string of the molecule is C=C(C)NC(=O)C(NC(=O)C(Cc1ccc(OC(=O)CN2CCCC2)cc1)NC(=O)CCCCC)C(C)CC. The third-order valence-electron chi connectivity index (χ3n) is 6.94. The number of allylic oxidation sites excluding steroid dienone is 1. The van der Waals surface area contributed by atoms with E-state index in [4.69, 9.17) is 4.74 Å². The number of esters is 1. The second-order valence-corrected chi connectivity index (χ2v) is 10.5. The molecule has 0 saturated carbocycles. The van der Waals surface area contributed by atoms with Gasteiger partial charge < -0.3 is 20.7 Å². The molecule has 39 heavy (non-hydrogen) atoms. The topological polar surface area (TPSA) is 117 Å². The van der Waals surface area contributed by atoms with E-state index >= 15 is 0 Å². The highest BCUT2D eigenvalue weighted by atomic mass is 16.5. The van der Waals surface area contributed by atoms with Crippen LogP contribution in [0, 0.1) is 5.92 Å². The number of ether oxygens (including phenoxy) is 1. The highest BCUT2D eigenvalue weighted by Crippen LogP contribution is 2.16. The maximum absolute atomic E-state index is 13.4. The van der Waals surface area contributed by atoms with Crippen molar-refractivity contribution in [1.29, 1.82) is 0 Å². The lowest BCUT2D eigenvalue weighted by Crippen LogP contribution is -2.56. The fourth-order valence-corrected chi connectivity index (χ4v) is 4.47. The summed E-state index contributed by atoms with van der Waals surface area (Å²) in [5.74, 6) is -0.960. The summed E-state index contributed by atoms with van der Waals surface area (Å²) in [7, 11) is 0. The first-order valence-electron chi connectivity index (χ1n) is 14.2. The Labute approximate surface area is 233 Å². The summed E-state index contributed by atoms with van der Waals surface area (Å²) in [5.41, 5.74) is 1.28. The number of nitrogens with zero attached hydrogens (tertiary/aromatic N) is 1. The van der Waals surface area contributed by atoms with Gasteiger partial charge in [0.05, 0.1) is 6.54 Å². The van der Waals surface area contributed by atoms with Gasteiger partial charge in [0, 0.05) is 18.5 Å². The molecular weight excluding hydrogens is 496 g/mol. The van der Waals surface area contributed by atoms with Crippen LogP contribution in [-0.2, 0) is 25.6 Å². The molecule has 1 aliphatic heterocycles. The molecule has 1 aromatic rings. The van der Waals surface area contributed by atoms with Gasteiger partial charge in [0.2, 0.25) is 17.7 Å². The number of hydrogen-bond acceptors (Lipinski definition) is 6. The summed E-state index contributed by atoms with van der Waals surface area (Å²) >= 11 is 0. The summed E-state index contributed by atoms with van der Waals surface area (Å²) in [5, 5.41) is 8.41. The van der Waals surface area contributed by atoms with E-state index in [1.54, 1.807) is 31.2 Å². The Balaban J connectivity index is 2.11.